The zero-order valence-corrected chi connectivity index (χ0v) is 15.0. The lowest BCUT2D eigenvalue weighted by Crippen LogP contribution is -2.49. The first-order valence-electron chi connectivity index (χ1n) is 9.04. The van der Waals surface area contributed by atoms with Crippen LogP contribution in [0.3, 0.4) is 0 Å². The Morgan fingerprint density at radius 1 is 1.12 bits per heavy atom. The van der Waals surface area contributed by atoms with Crippen molar-refractivity contribution in [3.8, 4) is 5.75 Å². The van der Waals surface area contributed by atoms with Crippen LogP contribution in [0.25, 0.3) is 0 Å². The van der Waals surface area contributed by atoms with Gasteiger partial charge in [0.25, 0.3) is 0 Å². The van der Waals surface area contributed by atoms with E-state index in [2.05, 4.69) is 17.1 Å². The number of methoxy groups -OCH3 is 1. The summed E-state index contributed by atoms with van der Waals surface area (Å²) in [6.07, 6.45) is 0.682. The summed E-state index contributed by atoms with van der Waals surface area (Å²) in [5.74, 6) is 0.659. The molecule has 0 aromatic heterocycles. The number of likely N-dealkylation sites (N-methyl/N-ethyl adjacent to an activating group) is 1. The molecule has 1 aromatic carbocycles. The van der Waals surface area contributed by atoms with Crippen molar-refractivity contribution in [3.05, 3.63) is 29.8 Å². The first-order chi connectivity index (χ1) is 12.1. The first-order valence-corrected chi connectivity index (χ1v) is 9.04. The SMILES string of the molecule is CCN1CCN(C(=O)C2CC2C(=O)NCc2ccc(OC)cc2)CC1. The van der Waals surface area contributed by atoms with Gasteiger partial charge in [-0.25, -0.2) is 0 Å². The molecule has 1 N–H and O–H groups in total. The fraction of sp³-hybridized carbons (Fsp3) is 0.579. The molecular weight excluding hydrogens is 318 g/mol. The van der Waals surface area contributed by atoms with Crippen molar-refractivity contribution in [2.24, 2.45) is 11.8 Å². The van der Waals surface area contributed by atoms with Gasteiger partial charge >= 0.3 is 0 Å². The lowest BCUT2D eigenvalue weighted by molar-refractivity contribution is -0.136. The minimum Gasteiger partial charge on any atom is -0.497 e. The number of hydrogen-bond donors (Lipinski definition) is 1. The molecule has 1 aliphatic heterocycles. The van der Waals surface area contributed by atoms with Crippen molar-refractivity contribution in [1.29, 1.82) is 0 Å². The van der Waals surface area contributed by atoms with Crippen LogP contribution in [-0.2, 0) is 16.1 Å². The number of hydrogen-bond acceptors (Lipinski definition) is 4. The van der Waals surface area contributed by atoms with Gasteiger partial charge in [-0.3, -0.25) is 9.59 Å². The van der Waals surface area contributed by atoms with Gasteiger partial charge in [-0.05, 0) is 30.7 Å². The Morgan fingerprint density at radius 3 is 2.40 bits per heavy atom. The summed E-state index contributed by atoms with van der Waals surface area (Å²) >= 11 is 0. The Bertz CT molecular complexity index is 609. The normalized spacial score (nSPS) is 23.2. The van der Waals surface area contributed by atoms with Gasteiger partial charge in [0, 0.05) is 32.7 Å². The predicted molar refractivity (Wildman–Crippen MR) is 95.1 cm³/mol. The molecule has 1 aromatic rings. The van der Waals surface area contributed by atoms with Crippen LogP contribution < -0.4 is 10.1 Å². The molecule has 0 radical (unpaired) electrons. The zero-order chi connectivity index (χ0) is 17.8. The van der Waals surface area contributed by atoms with Crippen LogP contribution in [-0.4, -0.2) is 61.4 Å². The van der Waals surface area contributed by atoms with E-state index in [0.29, 0.717) is 13.0 Å². The summed E-state index contributed by atoms with van der Waals surface area (Å²) in [7, 11) is 1.63. The molecule has 0 bridgehead atoms. The zero-order valence-electron chi connectivity index (χ0n) is 15.0. The minimum absolute atomic E-state index is 0.0126. The van der Waals surface area contributed by atoms with E-state index in [9.17, 15) is 9.59 Å². The van der Waals surface area contributed by atoms with Crippen molar-refractivity contribution < 1.29 is 14.3 Å². The average molecular weight is 345 g/mol. The third kappa shape index (κ3) is 4.31. The second-order valence-corrected chi connectivity index (χ2v) is 6.77. The van der Waals surface area contributed by atoms with Gasteiger partial charge in [0.15, 0.2) is 0 Å². The van der Waals surface area contributed by atoms with Gasteiger partial charge < -0.3 is 19.9 Å². The molecule has 2 atom stereocenters. The van der Waals surface area contributed by atoms with E-state index in [-0.39, 0.29) is 23.7 Å². The highest BCUT2D eigenvalue weighted by molar-refractivity contribution is 5.92. The standard InChI is InChI=1S/C19H27N3O3/c1-3-21-8-10-22(11-9-21)19(24)17-12-16(17)18(23)20-13-14-4-6-15(25-2)7-5-14/h4-7,16-17H,3,8-13H2,1-2H3,(H,20,23). The molecular formula is C19H27N3O3. The predicted octanol–water partition coefficient (Wildman–Crippen LogP) is 1.11. The van der Waals surface area contributed by atoms with Crippen molar-refractivity contribution in [3.63, 3.8) is 0 Å². The van der Waals surface area contributed by atoms with Crippen molar-refractivity contribution in [1.82, 2.24) is 15.1 Å². The molecule has 1 heterocycles. The number of carbonyl (C=O) groups is 2. The summed E-state index contributed by atoms with van der Waals surface area (Å²) in [6, 6.07) is 7.62. The van der Waals surface area contributed by atoms with E-state index in [4.69, 9.17) is 4.74 Å². The van der Waals surface area contributed by atoms with Gasteiger partial charge in [-0.1, -0.05) is 19.1 Å². The molecule has 1 aliphatic carbocycles. The fourth-order valence-corrected chi connectivity index (χ4v) is 3.34. The largest absolute Gasteiger partial charge is 0.497 e. The number of piperazine rings is 1. The number of amides is 2. The Kier molecular flexibility index (Phi) is 5.58. The van der Waals surface area contributed by atoms with Gasteiger partial charge in [0.2, 0.25) is 11.8 Å². The first kappa shape index (κ1) is 17.7. The van der Waals surface area contributed by atoms with E-state index in [1.807, 2.05) is 29.2 Å². The van der Waals surface area contributed by atoms with Crippen molar-refractivity contribution in [2.45, 2.75) is 19.9 Å². The third-order valence-corrected chi connectivity index (χ3v) is 5.20. The van der Waals surface area contributed by atoms with E-state index >= 15 is 0 Å². The molecule has 6 heteroatoms. The monoisotopic (exact) mass is 345 g/mol. The van der Waals surface area contributed by atoms with E-state index in [1.54, 1.807) is 7.11 Å². The van der Waals surface area contributed by atoms with E-state index < -0.39 is 0 Å². The van der Waals surface area contributed by atoms with E-state index in [1.165, 1.54) is 0 Å². The summed E-state index contributed by atoms with van der Waals surface area (Å²) in [5, 5.41) is 2.94. The molecule has 25 heavy (non-hydrogen) atoms. The molecule has 136 valence electrons. The second kappa shape index (κ2) is 7.87. The second-order valence-electron chi connectivity index (χ2n) is 6.77. The van der Waals surface area contributed by atoms with Crippen LogP contribution >= 0.6 is 0 Å². The highest BCUT2D eigenvalue weighted by Gasteiger charge is 2.49. The fourth-order valence-electron chi connectivity index (χ4n) is 3.34. The van der Waals surface area contributed by atoms with Crippen molar-refractivity contribution >= 4 is 11.8 Å². The number of nitrogens with one attached hydrogen (secondary N) is 1. The van der Waals surface area contributed by atoms with E-state index in [0.717, 1.165) is 44.0 Å². The maximum absolute atomic E-state index is 12.5. The summed E-state index contributed by atoms with van der Waals surface area (Å²) in [5.41, 5.74) is 1.02. The molecule has 6 nitrogen and oxygen atoms in total. The number of ether oxygens (including phenoxy) is 1. The highest BCUT2D eigenvalue weighted by atomic mass is 16.5. The third-order valence-electron chi connectivity index (χ3n) is 5.20. The molecule has 2 unspecified atom stereocenters. The van der Waals surface area contributed by atoms with Gasteiger partial charge in [0.1, 0.15) is 5.75 Å². The molecule has 1 saturated carbocycles. The van der Waals surface area contributed by atoms with Crippen LogP contribution in [0, 0.1) is 11.8 Å². The molecule has 2 fully saturated rings. The van der Waals surface area contributed by atoms with Crippen LogP contribution in [0.1, 0.15) is 18.9 Å². The molecule has 3 rings (SSSR count). The Balaban J connectivity index is 1.43. The Morgan fingerprint density at radius 2 is 1.80 bits per heavy atom. The van der Waals surface area contributed by atoms with Crippen LogP contribution in [0.4, 0.5) is 0 Å². The number of carbonyl (C=O) groups excluding carboxylic acids is 2. The molecule has 2 amide bonds. The quantitative estimate of drug-likeness (QED) is 0.839. The van der Waals surface area contributed by atoms with Crippen molar-refractivity contribution in [2.75, 3.05) is 39.8 Å². The maximum atomic E-state index is 12.5. The lowest BCUT2D eigenvalue weighted by Gasteiger charge is -2.34. The molecule has 2 aliphatic rings. The van der Waals surface area contributed by atoms with Gasteiger partial charge in [-0.2, -0.15) is 0 Å². The number of benzene rings is 1. The maximum Gasteiger partial charge on any atom is 0.226 e. The summed E-state index contributed by atoms with van der Waals surface area (Å²) in [4.78, 5) is 29.1. The lowest BCUT2D eigenvalue weighted by atomic mass is 10.2. The Labute approximate surface area is 149 Å². The highest BCUT2D eigenvalue weighted by Crippen LogP contribution is 2.40. The minimum atomic E-state index is -0.157. The van der Waals surface area contributed by atoms with Crippen LogP contribution in [0.2, 0.25) is 0 Å². The molecule has 0 spiro atoms. The topological polar surface area (TPSA) is 61.9 Å². The summed E-state index contributed by atoms with van der Waals surface area (Å²) < 4.78 is 5.12. The number of nitrogens with zero attached hydrogens (tertiary/aromatic N) is 2. The van der Waals surface area contributed by atoms with Gasteiger partial charge in [-0.15, -0.1) is 0 Å². The molecule has 1 saturated heterocycles. The smallest absolute Gasteiger partial charge is 0.226 e. The Hall–Kier alpha value is -2.08. The van der Waals surface area contributed by atoms with Crippen LogP contribution in [0.15, 0.2) is 24.3 Å². The summed E-state index contributed by atoms with van der Waals surface area (Å²) in [6.45, 7) is 7.08. The number of rotatable bonds is 6. The van der Waals surface area contributed by atoms with Gasteiger partial charge in [0.05, 0.1) is 18.9 Å². The van der Waals surface area contributed by atoms with Crippen LogP contribution in [0.5, 0.6) is 5.75 Å². The average Bonchev–Trinajstić information content (AvgIpc) is 3.47.